The number of hydrogen-bond donors (Lipinski definition) is 1. The molecule has 1 N–H and O–H groups in total. The van der Waals surface area contributed by atoms with Gasteiger partial charge in [-0.2, -0.15) is 0 Å². The largest absolute Gasteiger partial charge is 1.00 e. The second-order valence-corrected chi connectivity index (χ2v) is 2.78. The molecular weight excluding hydrogens is 230 g/mol. The molecule has 1 heterocycles. The fraction of sp³-hybridized carbons (Fsp3) is 0. The average molecular weight is 238 g/mol. The van der Waals surface area contributed by atoms with Gasteiger partial charge in [-0.15, -0.1) is 0 Å². The summed E-state index contributed by atoms with van der Waals surface area (Å²) in [6.45, 7) is 0. The molecule has 0 spiro atoms. The molecule has 6 heteroatoms. The van der Waals surface area contributed by atoms with Crippen molar-refractivity contribution >= 4 is 16.9 Å². The van der Waals surface area contributed by atoms with Crippen LogP contribution in [-0.4, -0.2) is 11.1 Å². The van der Waals surface area contributed by atoms with Crippen LogP contribution in [-0.2, 0) is 0 Å². The third-order valence-electron chi connectivity index (χ3n) is 1.85. The van der Waals surface area contributed by atoms with E-state index in [9.17, 15) is 9.59 Å². The number of benzene rings is 1. The van der Waals surface area contributed by atoms with Crippen LogP contribution in [0.3, 0.4) is 0 Å². The molecular formula is C10H8Na2O4. The number of rotatable bonds is 1. The monoisotopic (exact) mass is 238 g/mol. The van der Waals surface area contributed by atoms with E-state index in [0.29, 0.717) is 5.39 Å². The minimum absolute atomic E-state index is 0. The molecule has 0 atom stereocenters. The first-order valence-electron chi connectivity index (χ1n) is 3.94. The zero-order valence-corrected chi connectivity index (χ0v) is 13.1. The zero-order chi connectivity index (χ0) is 10.1. The Morgan fingerprint density at radius 2 is 1.88 bits per heavy atom. The minimum Gasteiger partial charge on any atom is -1.00 e. The van der Waals surface area contributed by atoms with Crippen molar-refractivity contribution in [1.29, 1.82) is 0 Å². The van der Waals surface area contributed by atoms with Gasteiger partial charge in [-0.3, -0.25) is 4.79 Å². The summed E-state index contributed by atoms with van der Waals surface area (Å²) in [7, 11) is 0. The molecule has 16 heavy (non-hydrogen) atoms. The molecule has 74 valence electrons. The van der Waals surface area contributed by atoms with Gasteiger partial charge in [-0.05, 0) is 12.1 Å². The summed E-state index contributed by atoms with van der Waals surface area (Å²) in [6.07, 6.45) is 0. The van der Waals surface area contributed by atoms with Crippen LogP contribution in [0.4, 0.5) is 0 Å². The van der Waals surface area contributed by atoms with Crippen molar-refractivity contribution in [2.75, 3.05) is 0 Å². The van der Waals surface area contributed by atoms with Gasteiger partial charge >= 0.3 is 65.1 Å². The summed E-state index contributed by atoms with van der Waals surface area (Å²) < 4.78 is 5.00. The number of fused-ring (bicyclic) bond motifs is 1. The molecule has 0 saturated heterocycles. The van der Waals surface area contributed by atoms with Gasteiger partial charge in [0.2, 0.25) is 5.76 Å². The number of para-hydroxylation sites is 1. The van der Waals surface area contributed by atoms with Crippen molar-refractivity contribution in [3.63, 3.8) is 0 Å². The first-order valence-corrected chi connectivity index (χ1v) is 3.94. The van der Waals surface area contributed by atoms with Crippen molar-refractivity contribution in [2.45, 2.75) is 0 Å². The van der Waals surface area contributed by atoms with Gasteiger partial charge in [0, 0.05) is 6.07 Å². The molecule has 1 aromatic carbocycles. The maximum Gasteiger partial charge on any atom is 1.00 e. The van der Waals surface area contributed by atoms with Crippen LogP contribution < -0.4 is 64.5 Å². The maximum atomic E-state index is 11.4. The fourth-order valence-electron chi connectivity index (χ4n) is 1.21. The SMILES string of the molecule is O=C(O)c1cc(=O)c2ccccc2o1.[H-].[H-].[Na+].[Na+]. The van der Waals surface area contributed by atoms with E-state index in [2.05, 4.69) is 0 Å². The molecule has 0 bridgehead atoms. The maximum absolute atomic E-state index is 11.4. The smallest absolute Gasteiger partial charge is 1.00 e. The van der Waals surface area contributed by atoms with Gasteiger partial charge in [-0.1, -0.05) is 12.1 Å². The third kappa shape index (κ3) is 3.20. The van der Waals surface area contributed by atoms with Crippen molar-refractivity contribution in [3.8, 4) is 0 Å². The molecule has 0 unspecified atom stereocenters. The first kappa shape index (κ1) is 15.9. The van der Waals surface area contributed by atoms with E-state index in [1.165, 1.54) is 0 Å². The van der Waals surface area contributed by atoms with Gasteiger partial charge in [0.1, 0.15) is 5.58 Å². The van der Waals surface area contributed by atoms with Crippen LogP contribution in [0.25, 0.3) is 11.0 Å². The molecule has 0 radical (unpaired) electrons. The van der Waals surface area contributed by atoms with Crippen LogP contribution in [0, 0.1) is 0 Å². The van der Waals surface area contributed by atoms with E-state index < -0.39 is 5.97 Å². The Morgan fingerprint density at radius 1 is 1.25 bits per heavy atom. The van der Waals surface area contributed by atoms with Crippen LogP contribution >= 0.6 is 0 Å². The number of hydrogen-bond acceptors (Lipinski definition) is 3. The number of carboxylic acids is 1. The Labute approximate surface area is 138 Å². The number of carboxylic acid groups (broad SMARTS) is 1. The van der Waals surface area contributed by atoms with Gasteiger partial charge in [0.25, 0.3) is 0 Å². The minimum atomic E-state index is -1.24. The van der Waals surface area contributed by atoms with Crippen molar-refractivity contribution < 1.29 is 76.3 Å². The van der Waals surface area contributed by atoms with Gasteiger partial charge < -0.3 is 12.4 Å². The average Bonchev–Trinajstić information content (AvgIpc) is 2.17. The summed E-state index contributed by atoms with van der Waals surface area (Å²) >= 11 is 0. The van der Waals surface area contributed by atoms with E-state index in [1.54, 1.807) is 24.3 Å². The standard InChI is InChI=1S/C10H6O4.2Na.2H/c11-7-5-9(10(12)13)14-8-4-2-1-3-6(7)8;;;;/h1-5H,(H,12,13);;;;/q;2*+1;2*-1. The van der Waals surface area contributed by atoms with Crippen LogP contribution in [0.2, 0.25) is 0 Å². The van der Waals surface area contributed by atoms with E-state index in [-0.39, 0.29) is 78.7 Å². The summed E-state index contributed by atoms with van der Waals surface area (Å²) in [4.78, 5) is 21.9. The summed E-state index contributed by atoms with van der Waals surface area (Å²) in [6, 6.07) is 7.50. The van der Waals surface area contributed by atoms with Gasteiger partial charge in [0.15, 0.2) is 5.43 Å². The first-order chi connectivity index (χ1) is 6.68. The Kier molecular flexibility index (Phi) is 6.55. The summed E-state index contributed by atoms with van der Waals surface area (Å²) in [5.74, 6) is -1.58. The van der Waals surface area contributed by atoms with Crippen molar-refractivity contribution in [2.24, 2.45) is 0 Å². The predicted molar refractivity (Wildman–Crippen MR) is 51.7 cm³/mol. The molecule has 1 aromatic heterocycles. The molecule has 4 nitrogen and oxygen atoms in total. The Bertz CT molecular complexity index is 571. The molecule has 0 aliphatic heterocycles. The molecule has 2 aromatic rings. The van der Waals surface area contributed by atoms with Crippen LogP contribution in [0.1, 0.15) is 13.4 Å². The molecule has 0 saturated carbocycles. The Morgan fingerprint density at radius 3 is 2.50 bits per heavy atom. The zero-order valence-electron chi connectivity index (χ0n) is 11.1. The second-order valence-electron chi connectivity index (χ2n) is 2.78. The summed E-state index contributed by atoms with van der Waals surface area (Å²) in [5.41, 5.74) is -0.0540. The molecule has 0 aliphatic carbocycles. The Balaban J connectivity index is -0.000000562. The fourth-order valence-corrected chi connectivity index (χ4v) is 1.21. The van der Waals surface area contributed by atoms with Crippen molar-refractivity contribution in [1.82, 2.24) is 0 Å². The van der Waals surface area contributed by atoms with Crippen LogP contribution in [0.15, 0.2) is 39.5 Å². The van der Waals surface area contributed by atoms with E-state index in [1.807, 2.05) is 0 Å². The van der Waals surface area contributed by atoms with E-state index >= 15 is 0 Å². The van der Waals surface area contributed by atoms with Crippen LogP contribution in [0.5, 0.6) is 0 Å². The molecule has 0 aliphatic rings. The number of carbonyl (C=O) groups is 1. The quantitative estimate of drug-likeness (QED) is 0.511. The topological polar surface area (TPSA) is 67.5 Å². The Hall–Kier alpha value is -0.1000. The second kappa shape index (κ2) is 6.59. The van der Waals surface area contributed by atoms with E-state index in [4.69, 9.17) is 9.52 Å². The number of aromatic carboxylic acids is 1. The van der Waals surface area contributed by atoms with Gasteiger partial charge in [0.05, 0.1) is 5.39 Å². The normalized spacial score (nSPS) is 9.00. The van der Waals surface area contributed by atoms with E-state index in [0.717, 1.165) is 6.07 Å². The van der Waals surface area contributed by atoms with Crippen molar-refractivity contribution in [3.05, 3.63) is 46.3 Å². The molecule has 2 rings (SSSR count). The predicted octanol–water partition coefficient (Wildman–Crippen LogP) is -4.28. The molecule has 0 fully saturated rings. The summed E-state index contributed by atoms with van der Waals surface area (Å²) in [5, 5.41) is 9.02. The van der Waals surface area contributed by atoms with Gasteiger partial charge in [-0.25, -0.2) is 4.79 Å². The molecule has 0 amide bonds. The third-order valence-corrected chi connectivity index (χ3v) is 1.85.